The van der Waals surface area contributed by atoms with Gasteiger partial charge in [-0.2, -0.15) is 5.10 Å². The molecule has 0 aliphatic rings. The SMILES string of the molecule is CC(=O)Nc1ccc(S(=O)(=O)Nc2ccc(-n3cc(-c4cnccn4)cn3)cc2)cc1. The summed E-state index contributed by atoms with van der Waals surface area (Å²) >= 11 is 0. The molecule has 0 spiro atoms. The second kappa shape index (κ2) is 8.36. The minimum atomic E-state index is -3.77. The third-order valence-electron chi connectivity index (χ3n) is 4.31. The number of hydrogen-bond acceptors (Lipinski definition) is 6. The van der Waals surface area contributed by atoms with E-state index < -0.39 is 10.0 Å². The Hall–Kier alpha value is -4.05. The van der Waals surface area contributed by atoms with Crippen LogP contribution in [0.4, 0.5) is 11.4 Å². The lowest BCUT2D eigenvalue weighted by Crippen LogP contribution is -2.13. The topological polar surface area (TPSA) is 119 Å². The number of hydrogen-bond donors (Lipinski definition) is 2. The number of benzene rings is 2. The van der Waals surface area contributed by atoms with Gasteiger partial charge in [-0.1, -0.05) is 0 Å². The van der Waals surface area contributed by atoms with Gasteiger partial charge in [-0.05, 0) is 48.5 Å². The summed E-state index contributed by atoms with van der Waals surface area (Å²) in [6.07, 6.45) is 8.37. The number of carbonyl (C=O) groups is 1. The van der Waals surface area contributed by atoms with Crippen LogP contribution in [0.1, 0.15) is 6.92 Å². The van der Waals surface area contributed by atoms with Gasteiger partial charge in [0.2, 0.25) is 5.91 Å². The summed E-state index contributed by atoms with van der Waals surface area (Å²) in [4.78, 5) is 19.5. The Labute approximate surface area is 178 Å². The lowest BCUT2D eigenvalue weighted by Gasteiger charge is -2.10. The fourth-order valence-electron chi connectivity index (χ4n) is 2.86. The number of sulfonamides is 1. The second-order valence-corrected chi connectivity index (χ2v) is 8.30. The molecule has 156 valence electrons. The first-order valence-electron chi connectivity index (χ1n) is 9.23. The number of anilines is 2. The van der Waals surface area contributed by atoms with E-state index in [0.29, 0.717) is 17.1 Å². The molecular weight excluding hydrogens is 416 g/mol. The van der Waals surface area contributed by atoms with Crippen molar-refractivity contribution in [1.82, 2.24) is 19.7 Å². The lowest BCUT2D eigenvalue weighted by atomic mass is 10.2. The molecule has 4 rings (SSSR count). The van der Waals surface area contributed by atoms with Crippen LogP contribution >= 0.6 is 0 Å². The molecule has 0 fully saturated rings. The van der Waals surface area contributed by atoms with Crippen molar-refractivity contribution < 1.29 is 13.2 Å². The minimum absolute atomic E-state index is 0.0892. The number of amides is 1. The zero-order valence-electron chi connectivity index (χ0n) is 16.4. The van der Waals surface area contributed by atoms with Crippen molar-refractivity contribution in [2.24, 2.45) is 0 Å². The molecule has 0 radical (unpaired) electrons. The molecule has 1 amide bonds. The van der Waals surface area contributed by atoms with Gasteiger partial charge in [0.1, 0.15) is 0 Å². The third kappa shape index (κ3) is 4.75. The van der Waals surface area contributed by atoms with Crippen molar-refractivity contribution in [2.75, 3.05) is 10.0 Å². The molecule has 2 N–H and O–H groups in total. The van der Waals surface area contributed by atoms with Gasteiger partial charge in [-0.15, -0.1) is 0 Å². The molecule has 31 heavy (non-hydrogen) atoms. The molecule has 2 heterocycles. The summed E-state index contributed by atoms with van der Waals surface area (Å²) in [5, 5.41) is 6.92. The number of nitrogens with zero attached hydrogens (tertiary/aromatic N) is 4. The molecule has 4 aromatic rings. The normalized spacial score (nSPS) is 11.1. The van der Waals surface area contributed by atoms with Gasteiger partial charge >= 0.3 is 0 Å². The van der Waals surface area contributed by atoms with Gasteiger partial charge in [-0.25, -0.2) is 13.1 Å². The molecule has 2 aromatic carbocycles. The average molecular weight is 434 g/mol. The van der Waals surface area contributed by atoms with Crippen molar-refractivity contribution in [2.45, 2.75) is 11.8 Å². The molecule has 0 saturated heterocycles. The van der Waals surface area contributed by atoms with E-state index >= 15 is 0 Å². The summed E-state index contributed by atoms with van der Waals surface area (Å²) in [6, 6.07) is 12.7. The van der Waals surface area contributed by atoms with Gasteiger partial charge in [0.05, 0.1) is 28.7 Å². The van der Waals surface area contributed by atoms with Crippen molar-refractivity contribution in [3.63, 3.8) is 0 Å². The van der Waals surface area contributed by atoms with E-state index in [1.54, 1.807) is 53.7 Å². The molecule has 0 atom stereocenters. The molecule has 2 aromatic heterocycles. The average Bonchev–Trinajstić information content (AvgIpc) is 3.25. The van der Waals surface area contributed by atoms with Crippen molar-refractivity contribution >= 4 is 27.3 Å². The lowest BCUT2D eigenvalue weighted by molar-refractivity contribution is -0.114. The predicted octanol–water partition coefficient (Wildman–Crippen LogP) is 3.09. The highest BCUT2D eigenvalue weighted by atomic mass is 32.2. The van der Waals surface area contributed by atoms with Crippen LogP contribution < -0.4 is 10.0 Å². The highest BCUT2D eigenvalue weighted by Gasteiger charge is 2.14. The summed E-state index contributed by atoms with van der Waals surface area (Å²) in [5.74, 6) is -0.227. The van der Waals surface area contributed by atoms with E-state index in [-0.39, 0.29) is 10.8 Å². The minimum Gasteiger partial charge on any atom is -0.326 e. The zero-order chi connectivity index (χ0) is 21.8. The maximum Gasteiger partial charge on any atom is 0.261 e. The Bertz CT molecular complexity index is 1300. The van der Waals surface area contributed by atoms with Gasteiger partial charge in [0.15, 0.2) is 0 Å². The third-order valence-corrected chi connectivity index (χ3v) is 5.71. The Morgan fingerprint density at radius 1 is 0.935 bits per heavy atom. The first kappa shape index (κ1) is 20.2. The van der Waals surface area contributed by atoms with Crippen LogP contribution in [-0.4, -0.2) is 34.1 Å². The predicted molar refractivity (Wildman–Crippen MR) is 116 cm³/mol. The molecule has 9 nitrogen and oxygen atoms in total. The van der Waals surface area contributed by atoms with Crippen LogP contribution in [-0.2, 0) is 14.8 Å². The van der Waals surface area contributed by atoms with Gasteiger partial charge in [-0.3, -0.25) is 19.5 Å². The Morgan fingerprint density at radius 2 is 1.65 bits per heavy atom. The Kier molecular flexibility index (Phi) is 5.46. The van der Waals surface area contributed by atoms with Crippen LogP contribution in [0.5, 0.6) is 0 Å². The summed E-state index contributed by atoms with van der Waals surface area (Å²) in [7, 11) is -3.77. The molecular formula is C21H18N6O3S. The number of rotatable bonds is 6. The first-order chi connectivity index (χ1) is 14.9. The molecule has 0 unspecified atom stereocenters. The van der Waals surface area contributed by atoms with Crippen molar-refractivity contribution in [3.05, 3.63) is 79.5 Å². The summed E-state index contributed by atoms with van der Waals surface area (Å²) < 4.78 is 29.5. The summed E-state index contributed by atoms with van der Waals surface area (Å²) in [6.45, 7) is 1.38. The highest BCUT2D eigenvalue weighted by Crippen LogP contribution is 2.21. The Balaban J connectivity index is 1.48. The monoisotopic (exact) mass is 434 g/mol. The quantitative estimate of drug-likeness (QED) is 0.481. The van der Waals surface area contributed by atoms with Crippen LogP contribution in [0.15, 0.2) is 84.4 Å². The van der Waals surface area contributed by atoms with Gasteiger partial charge < -0.3 is 5.32 Å². The highest BCUT2D eigenvalue weighted by molar-refractivity contribution is 7.92. The number of nitrogens with one attached hydrogen (secondary N) is 2. The molecule has 0 saturated carbocycles. The van der Waals surface area contributed by atoms with Crippen LogP contribution in [0.2, 0.25) is 0 Å². The maximum atomic E-state index is 12.6. The number of carbonyl (C=O) groups excluding carboxylic acids is 1. The van der Waals surface area contributed by atoms with E-state index in [1.165, 1.54) is 31.2 Å². The fourth-order valence-corrected chi connectivity index (χ4v) is 3.92. The van der Waals surface area contributed by atoms with Crippen LogP contribution in [0.25, 0.3) is 16.9 Å². The smallest absolute Gasteiger partial charge is 0.261 e. The zero-order valence-corrected chi connectivity index (χ0v) is 17.2. The van der Waals surface area contributed by atoms with Crippen molar-refractivity contribution in [3.8, 4) is 16.9 Å². The largest absolute Gasteiger partial charge is 0.326 e. The number of aromatic nitrogens is 4. The van der Waals surface area contributed by atoms with E-state index in [4.69, 9.17) is 0 Å². The second-order valence-electron chi connectivity index (χ2n) is 6.62. The maximum absolute atomic E-state index is 12.6. The van der Waals surface area contributed by atoms with E-state index in [0.717, 1.165) is 11.3 Å². The van der Waals surface area contributed by atoms with Gasteiger partial charge in [0, 0.05) is 42.5 Å². The summed E-state index contributed by atoms with van der Waals surface area (Å²) in [5.41, 5.74) is 3.23. The van der Waals surface area contributed by atoms with Crippen LogP contribution in [0, 0.1) is 0 Å². The fraction of sp³-hybridized carbons (Fsp3) is 0.0476. The van der Waals surface area contributed by atoms with Crippen molar-refractivity contribution in [1.29, 1.82) is 0 Å². The van der Waals surface area contributed by atoms with E-state index in [1.807, 2.05) is 6.20 Å². The molecule has 0 aliphatic carbocycles. The standard InChI is InChI=1S/C21H18N6O3S/c1-15(28)25-17-4-8-20(9-5-17)31(29,30)26-18-2-6-19(7-3-18)27-14-16(12-24-27)21-13-22-10-11-23-21/h2-14,26H,1H3,(H,25,28). The van der Waals surface area contributed by atoms with Crippen LogP contribution in [0.3, 0.4) is 0 Å². The van der Waals surface area contributed by atoms with E-state index in [9.17, 15) is 13.2 Å². The molecule has 10 heteroatoms. The van der Waals surface area contributed by atoms with E-state index in [2.05, 4.69) is 25.1 Å². The van der Waals surface area contributed by atoms with Gasteiger partial charge in [0.25, 0.3) is 10.0 Å². The molecule has 0 bridgehead atoms. The molecule has 0 aliphatic heterocycles. The first-order valence-corrected chi connectivity index (χ1v) is 10.7. The Morgan fingerprint density at radius 3 is 2.29 bits per heavy atom.